The Labute approximate surface area is 177 Å². The summed E-state index contributed by atoms with van der Waals surface area (Å²) in [5.41, 5.74) is 0.724. The molecule has 0 aliphatic carbocycles. The Morgan fingerprint density at radius 3 is 2.03 bits per heavy atom. The molecule has 0 saturated heterocycles. The topological polar surface area (TPSA) is 88.1 Å². The van der Waals surface area contributed by atoms with Crippen molar-refractivity contribution in [2.24, 2.45) is 0 Å². The second-order valence-corrected chi connectivity index (χ2v) is 6.77. The third-order valence-electron chi connectivity index (χ3n) is 4.94. The fourth-order valence-corrected chi connectivity index (χ4v) is 3.57. The Balaban J connectivity index is 2.05. The number of hydrogen-bond donors (Lipinski definition) is 0. The quantitative estimate of drug-likeness (QED) is 0.472. The van der Waals surface area contributed by atoms with Gasteiger partial charge in [-0.15, -0.1) is 0 Å². The zero-order chi connectivity index (χ0) is 22.1. The van der Waals surface area contributed by atoms with Crippen LogP contribution in [0.4, 0.5) is 0 Å². The summed E-state index contributed by atoms with van der Waals surface area (Å²) in [6, 6.07) is 13.6. The Bertz CT molecular complexity index is 1380. The third kappa shape index (κ3) is 3.44. The van der Waals surface area contributed by atoms with E-state index < -0.39 is 0 Å². The van der Waals surface area contributed by atoms with Crippen LogP contribution >= 0.6 is 0 Å². The standard InChI is InChI=1S/C24H20O7/c1-13-23(28-3)16(26)11-19(30-13)22-18(27-2)12-20-21(24(22)29-4)15(25)10-17(31-20)14-8-6-5-7-9-14/h5-12H,1-4H3. The number of ether oxygens (including phenoxy) is 3. The van der Waals surface area contributed by atoms with Crippen LogP contribution in [-0.4, -0.2) is 21.3 Å². The van der Waals surface area contributed by atoms with Crippen LogP contribution in [0, 0.1) is 6.92 Å². The molecule has 0 unspecified atom stereocenters. The third-order valence-corrected chi connectivity index (χ3v) is 4.94. The molecule has 0 aliphatic heterocycles. The molecule has 2 aromatic heterocycles. The van der Waals surface area contributed by atoms with E-state index in [4.69, 9.17) is 23.0 Å². The van der Waals surface area contributed by atoms with Crippen LogP contribution in [0.1, 0.15) is 5.76 Å². The van der Waals surface area contributed by atoms with Gasteiger partial charge in [0.05, 0.1) is 21.3 Å². The number of benzene rings is 2. The molecule has 0 saturated carbocycles. The summed E-state index contributed by atoms with van der Waals surface area (Å²) in [5, 5.41) is 0.217. The lowest BCUT2D eigenvalue weighted by Crippen LogP contribution is -2.08. The Morgan fingerprint density at radius 2 is 1.42 bits per heavy atom. The lowest BCUT2D eigenvalue weighted by atomic mass is 10.0. The van der Waals surface area contributed by atoms with Gasteiger partial charge in [0.2, 0.25) is 11.2 Å². The summed E-state index contributed by atoms with van der Waals surface area (Å²) in [6.07, 6.45) is 0. The SMILES string of the molecule is COc1cc2oc(-c3ccccc3)cc(=O)c2c(OC)c1-c1cc(=O)c(OC)c(C)o1. The Kier molecular flexibility index (Phi) is 5.25. The van der Waals surface area contributed by atoms with E-state index in [2.05, 4.69) is 0 Å². The van der Waals surface area contributed by atoms with E-state index in [0.29, 0.717) is 22.8 Å². The first-order valence-corrected chi connectivity index (χ1v) is 9.45. The summed E-state index contributed by atoms with van der Waals surface area (Å²) in [7, 11) is 4.29. The summed E-state index contributed by atoms with van der Waals surface area (Å²) in [5.74, 6) is 1.52. The molecule has 2 heterocycles. The second-order valence-electron chi connectivity index (χ2n) is 6.77. The molecule has 0 atom stereocenters. The van der Waals surface area contributed by atoms with E-state index in [1.807, 2.05) is 30.3 Å². The van der Waals surface area contributed by atoms with E-state index in [1.165, 1.54) is 33.5 Å². The Morgan fingerprint density at radius 1 is 0.742 bits per heavy atom. The number of methoxy groups -OCH3 is 3. The van der Waals surface area contributed by atoms with Crippen LogP contribution in [0.25, 0.3) is 33.6 Å². The number of rotatable bonds is 5. The minimum Gasteiger partial charge on any atom is -0.496 e. The smallest absolute Gasteiger partial charge is 0.227 e. The molecule has 7 nitrogen and oxygen atoms in total. The van der Waals surface area contributed by atoms with Crippen LogP contribution in [0.3, 0.4) is 0 Å². The predicted octanol–water partition coefficient (Wildman–Crippen LogP) is 4.41. The van der Waals surface area contributed by atoms with Gasteiger partial charge in [0.25, 0.3) is 0 Å². The van der Waals surface area contributed by atoms with Crippen molar-refractivity contribution < 1.29 is 23.0 Å². The summed E-state index contributed by atoms with van der Waals surface area (Å²) in [4.78, 5) is 25.5. The van der Waals surface area contributed by atoms with Gasteiger partial charge in [0.1, 0.15) is 45.3 Å². The number of fused-ring (bicyclic) bond motifs is 1. The lowest BCUT2D eigenvalue weighted by Gasteiger charge is -2.16. The van der Waals surface area contributed by atoms with Crippen LogP contribution in [0.2, 0.25) is 0 Å². The van der Waals surface area contributed by atoms with E-state index >= 15 is 0 Å². The van der Waals surface area contributed by atoms with Gasteiger partial charge in [-0.2, -0.15) is 0 Å². The van der Waals surface area contributed by atoms with E-state index in [0.717, 1.165) is 5.56 Å². The molecule has 2 aromatic carbocycles. The fraction of sp³-hybridized carbons (Fsp3) is 0.167. The molecule has 158 valence electrons. The van der Waals surface area contributed by atoms with Crippen molar-refractivity contribution in [1.29, 1.82) is 0 Å². The molecular weight excluding hydrogens is 400 g/mol. The predicted molar refractivity (Wildman–Crippen MR) is 116 cm³/mol. The zero-order valence-electron chi connectivity index (χ0n) is 17.5. The van der Waals surface area contributed by atoms with Gasteiger partial charge < -0.3 is 23.0 Å². The minimum atomic E-state index is -0.364. The van der Waals surface area contributed by atoms with Gasteiger partial charge in [0, 0.05) is 23.8 Å². The average Bonchev–Trinajstić information content (AvgIpc) is 2.77. The molecule has 0 bridgehead atoms. The first-order chi connectivity index (χ1) is 15.0. The number of aryl methyl sites for hydroxylation is 1. The molecule has 0 spiro atoms. The van der Waals surface area contributed by atoms with Crippen LogP contribution in [-0.2, 0) is 0 Å². The van der Waals surface area contributed by atoms with E-state index in [-0.39, 0.29) is 39.1 Å². The highest BCUT2D eigenvalue weighted by Gasteiger charge is 2.24. The maximum absolute atomic E-state index is 13.1. The van der Waals surface area contributed by atoms with Crippen molar-refractivity contribution in [3.05, 3.63) is 74.7 Å². The lowest BCUT2D eigenvalue weighted by molar-refractivity contribution is 0.373. The van der Waals surface area contributed by atoms with E-state index in [9.17, 15) is 9.59 Å². The molecule has 0 aliphatic rings. The van der Waals surface area contributed by atoms with Crippen molar-refractivity contribution in [3.63, 3.8) is 0 Å². The molecule has 31 heavy (non-hydrogen) atoms. The highest BCUT2D eigenvalue weighted by atomic mass is 16.5. The van der Waals surface area contributed by atoms with E-state index in [1.54, 1.807) is 13.0 Å². The van der Waals surface area contributed by atoms with Gasteiger partial charge in [-0.05, 0) is 6.92 Å². The van der Waals surface area contributed by atoms with Crippen molar-refractivity contribution in [3.8, 4) is 39.9 Å². The molecular formula is C24H20O7. The van der Waals surface area contributed by atoms with Crippen molar-refractivity contribution in [2.75, 3.05) is 21.3 Å². The van der Waals surface area contributed by atoms with Gasteiger partial charge >= 0.3 is 0 Å². The highest BCUT2D eigenvalue weighted by molar-refractivity contribution is 5.95. The second kappa shape index (κ2) is 8.02. The van der Waals surface area contributed by atoms with Gasteiger partial charge in [-0.25, -0.2) is 0 Å². The highest BCUT2D eigenvalue weighted by Crippen LogP contribution is 2.43. The first-order valence-electron chi connectivity index (χ1n) is 9.45. The molecule has 7 heteroatoms. The molecule has 0 fully saturated rings. The monoisotopic (exact) mass is 420 g/mol. The fourth-order valence-electron chi connectivity index (χ4n) is 3.57. The van der Waals surface area contributed by atoms with Gasteiger partial charge in [0.15, 0.2) is 5.43 Å². The van der Waals surface area contributed by atoms with Crippen LogP contribution in [0.5, 0.6) is 17.2 Å². The van der Waals surface area contributed by atoms with Gasteiger partial charge in [-0.3, -0.25) is 9.59 Å². The largest absolute Gasteiger partial charge is 0.496 e. The Hall–Kier alpha value is -4.00. The van der Waals surface area contributed by atoms with Crippen molar-refractivity contribution in [2.45, 2.75) is 6.92 Å². The maximum Gasteiger partial charge on any atom is 0.227 e. The summed E-state index contributed by atoms with van der Waals surface area (Å²) >= 11 is 0. The molecule has 4 aromatic rings. The van der Waals surface area contributed by atoms with Crippen LogP contribution < -0.4 is 25.1 Å². The minimum absolute atomic E-state index is 0.106. The molecule has 4 rings (SSSR count). The van der Waals surface area contributed by atoms with Gasteiger partial charge in [-0.1, -0.05) is 30.3 Å². The average molecular weight is 420 g/mol. The summed E-state index contributed by atoms with van der Waals surface area (Å²) in [6.45, 7) is 1.62. The molecule has 0 radical (unpaired) electrons. The van der Waals surface area contributed by atoms with Crippen molar-refractivity contribution in [1.82, 2.24) is 0 Å². The maximum atomic E-state index is 13.1. The normalized spacial score (nSPS) is 10.8. The zero-order valence-corrected chi connectivity index (χ0v) is 17.5. The molecule has 0 amide bonds. The first kappa shape index (κ1) is 20.3. The number of hydrogen-bond acceptors (Lipinski definition) is 7. The van der Waals surface area contributed by atoms with Crippen LogP contribution in [0.15, 0.2) is 67.0 Å². The molecule has 0 N–H and O–H groups in total. The summed E-state index contributed by atoms with van der Waals surface area (Å²) < 4.78 is 28.0. The van der Waals surface area contributed by atoms with Crippen molar-refractivity contribution >= 4 is 11.0 Å².